The van der Waals surface area contributed by atoms with Crippen LogP contribution in [0.25, 0.3) is 10.9 Å². The van der Waals surface area contributed by atoms with Crippen LogP contribution in [0.3, 0.4) is 0 Å². The van der Waals surface area contributed by atoms with Crippen molar-refractivity contribution in [1.29, 1.82) is 0 Å². The third kappa shape index (κ3) is 3.37. The highest BCUT2D eigenvalue weighted by molar-refractivity contribution is 5.79. The first-order valence-corrected chi connectivity index (χ1v) is 7.95. The first kappa shape index (κ1) is 13.6. The van der Waals surface area contributed by atoms with Gasteiger partial charge in [-0.25, -0.2) is 0 Å². The summed E-state index contributed by atoms with van der Waals surface area (Å²) in [7, 11) is 0. The second kappa shape index (κ2) is 6.36. The second-order valence-electron chi connectivity index (χ2n) is 5.98. The van der Waals surface area contributed by atoms with Gasteiger partial charge in [0.2, 0.25) is 0 Å². The van der Waals surface area contributed by atoms with Crippen LogP contribution >= 0.6 is 0 Å². The zero-order chi connectivity index (χ0) is 13.8. The van der Waals surface area contributed by atoms with E-state index in [2.05, 4.69) is 41.5 Å². The lowest BCUT2D eigenvalue weighted by molar-refractivity contribution is 0.470. The minimum absolute atomic E-state index is 0.500. The maximum atomic E-state index is 4.41. The number of rotatable bonds is 7. The third-order valence-electron chi connectivity index (χ3n) is 4.23. The minimum Gasteiger partial charge on any atom is -0.310 e. The summed E-state index contributed by atoms with van der Waals surface area (Å²) in [5.74, 6) is 1.00. The molecule has 1 heterocycles. The lowest BCUT2D eigenvalue weighted by Gasteiger charge is -2.19. The number of aromatic nitrogens is 1. The zero-order valence-electron chi connectivity index (χ0n) is 12.3. The number of pyridine rings is 1. The van der Waals surface area contributed by atoms with E-state index in [0.29, 0.717) is 6.04 Å². The minimum atomic E-state index is 0.500. The number of fused-ring (bicyclic) bond motifs is 1. The van der Waals surface area contributed by atoms with Crippen molar-refractivity contribution in [2.75, 3.05) is 6.54 Å². The SMILES string of the molecule is CCCNC(CCC1CC1)c1ccc2ncccc2c1. The quantitative estimate of drug-likeness (QED) is 0.801. The molecule has 1 unspecified atom stereocenters. The normalized spacial score (nSPS) is 16.4. The molecule has 106 valence electrons. The number of nitrogens with zero attached hydrogens (tertiary/aromatic N) is 1. The molecule has 0 aliphatic heterocycles. The Bertz CT molecular complexity index is 560. The van der Waals surface area contributed by atoms with Gasteiger partial charge in [-0.2, -0.15) is 0 Å². The van der Waals surface area contributed by atoms with E-state index in [4.69, 9.17) is 0 Å². The van der Waals surface area contributed by atoms with Gasteiger partial charge in [0, 0.05) is 17.6 Å². The zero-order valence-corrected chi connectivity index (χ0v) is 12.3. The molecule has 1 atom stereocenters. The van der Waals surface area contributed by atoms with Crippen LogP contribution in [-0.4, -0.2) is 11.5 Å². The third-order valence-corrected chi connectivity index (χ3v) is 4.23. The van der Waals surface area contributed by atoms with Crippen molar-refractivity contribution in [1.82, 2.24) is 10.3 Å². The van der Waals surface area contributed by atoms with E-state index in [-0.39, 0.29) is 0 Å². The predicted octanol–water partition coefficient (Wildman–Crippen LogP) is 4.47. The maximum absolute atomic E-state index is 4.41. The summed E-state index contributed by atoms with van der Waals surface area (Å²) in [6.07, 6.45) is 8.57. The number of hydrogen-bond donors (Lipinski definition) is 1. The molecule has 1 aromatic carbocycles. The van der Waals surface area contributed by atoms with E-state index in [1.165, 1.54) is 43.1 Å². The van der Waals surface area contributed by atoms with Crippen LogP contribution < -0.4 is 5.32 Å². The molecule has 1 aliphatic carbocycles. The summed E-state index contributed by atoms with van der Waals surface area (Å²) in [4.78, 5) is 4.41. The number of hydrogen-bond acceptors (Lipinski definition) is 2. The van der Waals surface area contributed by atoms with Gasteiger partial charge >= 0.3 is 0 Å². The van der Waals surface area contributed by atoms with Gasteiger partial charge in [0.15, 0.2) is 0 Å². The van der Waals surface area contributed by atoms with Gasteiger partial charge in [0.1, 0.15) is 0 Å². The van der Waals surface area contributed by atoms with Gasteiger partial charge in [0.05, 0.1) is 5.52 Å². The molecule has 0 saturated heterocycles. The fourth-order valence-corrected chi connectivity index (χ4v) is 2.82. The van der Waals surface area contributed by atoms with Crippen LogP contribution in [0.4, 0.5) is 0 Å². The summed E-state index contributed by atoms with van der Waals surface area (Å²) in [6, 6.07) is 11.4. The van der Waals surface area contributed by atoms with Gasteiger partial charge in [-0.1, -0.05) is 31.9 Å². The first-order valence-electron chi connectivity index (χ1n) is 7.95. The van der Waals surface area contributed by atoms with Crippen molar-refractivity contribution in [3.63, 3.8) is 0 Å². The average molecular weight is 268 g/mol. The molecule has 0 radical (unpaired) electrons. The van der Waals surface area contributed by atoms with E-state index >= 15 is 0 Å². The van der Waals surface area contributed by atoms with E-state index in [0.717, 1.165) is 18.0 Å². The van der Waals surface area contributed by atoms with Crippen molar-refractivity contribution >= 4 is 10.9 Å². The molecule has 0 amide bonds. The Balaban J connectivity index is 1.78. The summed E-state index contributed by atoms with van der Waals surface area (Å²) in [5, 5.41) is 4.96. The molecule has 1 N–H and O–H groups in total. The molecule has 1 aliphatic rings. The largest absolute Gasteiger partial charge is 0.310 e. The Morgan fingerprint density at radius 2 is 2.20 bits per heavy atom. The molecule has 2 nitrogen and oxygen atoms in total. The molecule has 1 fully saturated rings. The summed E-state index contributed by atoms with van der Waals surface area (Å²) in [6.45, 7) is 3.33. The smallest absolute Gasteiger partial charge is 0.0702 e. The van der Waals surface area contributed by atoms with Gasteiger partial charge in [-0.3, -0.25) is 4.98 Å². The molecule has 1 aromatic heterocycles. The number of nitrogens with one attached hydrogen (secondary N) is 1. The molecule has 0 bridgehead atoms. The van der Waals surface area contributed by atoms with Crippen molar-refractivity contribution < 1.29 is 0 Å². The topological polar surface area (TPSA) is 24.9 Å². The van der Waals surface area contributed by atoms with Crippen LogP contribution in [-0.2, 0) is 0 Å². The summed E-state index contributed by atoms with van der Waals surface area (Å²) in [5.41, 5.74) is 2.51. The van der Waals surface area contributed by atoms with Gasteiger partial charge in [-0.15, -0.1) is 0 Å². The Hall–Kier alpha value is -1.41. The second-order valence-corrected chi connectivity index (χ2v) is 5.98. The highest BCUT2D eigenvalue weighted by atomic mass is 14.9. The maximum Gasteiger partial charge on any atom is 0.0702 e. The molecular formula is C18H24N2. The Morgan fingerprint density at radius 1 is 1.30 bits per heavy atom. The van der Waals surface area contributed by atoms with Crippen molar-refractivity contribution in [2.24, 2.45) is 5.92 Å². The fourth-order valence-electron chi connectivity index (χ4n) is 2.82. The van der Waals surface area contributed by atoms with Crippen molar-refractivity contribution in [3.05, 3.63) is 42.1 Å². The summed E-state index contributed by atoms with van der Waals surface area (Å²) < 4.78 is 0. The standard InChI is InChI=1S/C18H24N2/c1-2-11-19-17(9-7-14-5-6-14)16-8-10-18-15(13-16)4-3-12-20-18/h3-4,8,10,12-14,17,19H,2,5-7,9,11H2,1H3. The monoisotopic (exact) mass is 268 g/mol. The highest BCUT2D eigenvalue weighted by Crippen LogP contribution is 2.36. The Morgan fingerprint density at radius 3 is 3.00 bits per heavy atom. The lowest BCUT2D eigenvalue weighted by Crippen LogP contribution is -2.22. The predicted molar refractivity (Wildman–Crippen MR) is 84.7 cm³/mol. The van der Waals surface area contributed by atoms with Crippen LogP contribution in [0.1, 0.15) is 50.6 Å². The lowest BCUT2D eigenvalue weighted by atomic mass is 9.98. The highest BCUT2D eigenvalue weighted by Gasteiger charge is 2.23. The summed E-state index contributed by atoms with van der Waals surface area (Å²) >= 11 is 0. The fraction of sp³-hybridized carbons (Fsp3) is 0.500. The Labute approximate surface area is 121 Å². The van der Waals surface area contributed by atoms with Crippen LogP contribution in [0.5, 0.6) is 0 Å². The van der Waals surface area contributed by atoms with Crippen molar-refractivity contribution in [3.8, 4) is 0 Å². The molecule has 20 heavy (non-hydrogen) atoms. The molecule has 0 spiro atoms. The molecular weight excluding hydrogens is 244 g/mol. The number of benzene rings is 1. The van der Waals surface area contributed by atoms with Gasteiger partial charge in [-0.05, 0) is 55.5 Å². The van der Waals surface area contributed by atoms with Crippen LogP contribution in [0.15, 0.2) is 36.5 Å². The first-order chi connectivity index (χ1) is 9.86. The average Bonchev–Trinajstić information content (AvgIpc) is 3.31. The van der Waals surface area contributed by atoms with Crippen LogP contribution in [0, 0.1) is 5.92 Å². The van der Waals surface area contributed by atoms with Gasteiger partial charge < -0.3 is 5.32 Å². The van der Waals surface area contributed by atoms with Crippen LogP contribution in [0.2, 0.25) is 0 Å². The van der Waals surface area contributed by atoms with E-state index in [1.54, 1.807) is 0 Å². The molecule has 2 aromatic rings. The van der Waals surface area contributed by atoms with E-state index in [1.807, 2.05) is 12.3 Å². The molecule has 3 rings (SSSR count). The Kier molecular flexibility index (Phi) is 4.31. The van der Waals surface area contributed by atoms with Crippen molar-refractivity contribution in [2.45, 2.75) is 45.1 Å². The molecule has 1 saturated carbocycles. The molecule has 2 heteroatoms. The van der Waals surface area contributed by atoms with E-state index < -0.39 is 0 Å². The van der Waals surface area contributed by atoms with E-state index in [9.17, 15) is 0 Å². The van der Waals surface area contributed by atoms with Gasteiger partial charge in [0.25, 0.3) is 0 Å².